The average Bonchev–Trinajstić information content (AvgIpc) is 1.97. The van der Waals surface area contributed by atoms with Crippen LogP contribution < -0.4 is 0 Å². The summed E-state index contributed by atoms with van der Waals surface area (Å²) in [5.74, 6) is 0.201. The molecule has 1 rings (SSSR count). The number of nitrogens with zero attached hydrogens (tertiary/aromatic N) is 1. The summed E-state index contributed by atoms with van der Waals surface area (Å²) in [6.07, 6.45) is 1.97. The van der Waals surface area contributed by atoms with Gasteiger partial charge in [0.2, 0.25) is 0 Å². The van der Waals surface area contributed by atoms with E-state index in [1.165, 1.54) is 0 Å². The van der Waals surface area contributed by atoms with Gasteiger partial charge < -0.3 is 0 Å². The smallest absolute Gasteiger partial charge is 0.0641 e. The second-order valence-electron chi connectivity index (χ2n) is 4.93. The Hall–Kier alpha value is 0.570. The first-order chi connectivity index (χ1) is 6.70. The maximum absolute atomic E-state index is 6.13. The van der Waals surface area contributed by atoms with Crippen LogP contribution in [-0.2, 0) is 0 Å². The molecule has 8 radical (unpaired) electrons. The molecule has 0 unspecified atom stereocenters. The highest BCUT2D eigenvalue weighted by atomic mass is 32.2. The Labute approximate surface area is 103 Å². The van der Waals surface area contributed by atoms with Gasteiger partial charge in [-0.2, -0.15) is 0 Å². The van der Waals surface area contributed by atoms with Crippen LogP contribution in [-0.4, -0.2) is 55.0 Å². The van der Waals surface area contributed by atoms with E-state index in [0.717, 1.165) is 0 Å². The van der Waals surface area contributed by atoms with Gasteiger partial charge in [-0.3, -0.25) is 4.31 Å². The van der Waals surface area contributed by atoms with E-state index in [9.17, 15) is 0 Å². The van der Waals surface area contributed by atoms with Crippen molar-refractivity contribution in [2.45, 2.75) is 24.3 Å². The average molecular weight is 213 g/mol. The lowest BCUT2D eigenvalue weighted by molar-refractivity contribution is 0.196. The van der Waals surface area contributed by atoms with Crippen LogP contribution in [0.15, 0.2) is 0 Å². The van der Waals surface area contributed by atoms with Crippen molar-refractivity contribution >= 4 is 43.3 Å². The van der Waals surface area contributed by atoms with E-state index < -0.39 is 10.4 Å². The zero-order valence-corrected chi connectivity index (χ0v) is 10.6. The first-order valence-corrected chi connectivity index (χ1v) is 6.33. The highest BCUT2D eigenvalue weighted by Crippen LogP contribution is 2.52. The third-order valence-corrected chi connectivity index (χ3v) is 3.76. The van der Waals surface area contributed by atoms with E-state index in [1.807, 2.05) is 10.6 Å². The minimum atomic E-state index is -0.821. The van der Waals surface area contributed by atoms with Crippen molar-refractivity contribution in [1.29, 1.82) is 0 Å². The van der Waals surface area contributed by atoms with E-state index in [-0.39, 0.29) is 11.8 Å². The van der Waals surface area contributed by atoms with Crippen LogP contribution in [0.25, 0.3) is 0 Å². The maximum atomic E-state index is 6.13. The molecule has 0 aromatic heterocycles. The number of rotatable bonds is 2. The molecule has 0 amide bonds. The SMILES string of the molecule is [B]C1([B])CN(SC)CC([B])([B])C1C(C)C. The van der Waals surface area contributed by atoms with Gasteiger partial charge in [-0.25, -0.2) is 0 Å². The quantitative estimate of drug-likeness (QED) is 0.491. The molecule has 0 bridgehead atoms. The lowest BCUT2D eigenvalue weighted by Crippen LogP contribution is -2.53. The number of piperidine rings is 1. The minimum absolute atomic E-state index is 0.0756. The highest BCUT2D eigenvalue weighted by molar-refractivity contribution is 7.96. The van der Waals surface area contributed by atoms with Crippen molar-refractivity contribution in [3.63, 3.8) is 0 Å². The van der Waals surface area contributed by atoms with E-state index >= 15 is 0 Å². The van der Waals surface area contributed by atoms with Gasteiger partial charge in [0, 0.05) is 0 Å². The summed E-state index contributed by atoms with van der Waals surface area (Å²) in [5.41, 5.74) is 0. The Morgan fingerprint density at radius 3 is 1.80 bits per heavy atom. The third-order valence-electron chi connectivity index (χ3n) is 2.98. The van der Waals surface area contributed by atoms with Gasteiger partial charge in [0.1, 0.15) is 0 Å². The monoisotopic (exact) mass is 213 g/mol. The summed E-state index contributed by atoms with van der Waals surface area (Å²) in [6, 6.07) is 0. The van der Waals surface area contributed by atoms with Crippen molar-refractivity contribution in [3.05, 3.63) is 0 Å². The molecule has 0 atom stereocenters. The Morgan fingerprint density at radius 2 is 1.53 bits per heavy atom. The van der Waals surface area contributed by atoms with Crippen molar-refractivity contribution in [2.24, 2.45) is 11.8 Å². The second kappa shape index (κ2) is 4.44. The predicted octanol–water partition coefficient (Wildman–Crippen LogP) is 0.759. The molecule has 1 nitrogen and oxygen atoms in total. The van der Waals surface area contributed by atoms with E-state index in [1.54, 1.807) is 11.9 Å². The Bertz CT molecular complexity index is 214. The van der Waals surface area contributed by atoms with Gasteiger partial charge in [-0.15, -0.1) is 0 Å². The van der Waals surface area contributed by atoms with Crippen molar-refractivity contribution in [3.8, 4) is 0 Å². The number of hydrogen-bond donors (Lipinski definition) is 0. The van der Waals surface area contributed by atoms with Crippen LogP contribution in [0, 0.1) is 11.8 Å². The van der Waals surface area contributed by atoms with Crippen molar-refractivity contribution < 1.29 is 0 Å². The van der Waals surface area contributed by atoms with Crippen molar-refractivity contribution in [1.82, 2.24) is 4.31 Å². The van der Waals surface area contributed by atoms with Crippen LogP contribution in [0.2, 0.25) is 10.4 Å². The van der Waals surface area contributed by atoms with E-state index in [0.29, 0.717) is 13.1 Å². The third kappa shape index (κ3) is 2.82. The molecule has 74 valence electrons. The fourth-order valence-electron chi connectivity index (χ4n) is 2.73. The maximum Gasteiger partial charge on any atom is 0.0641 e. The molecule has 0 saturated carbocycles. The van der Waals surface area contributed by atoms with Gasteiger partial charge in [-0.05, 0) is 25.3 Å². The van der Waals surface area contributed by atoms with Gasteiger partial charge in [0.15, 0.2) is 0 Å². The van der Waals surface area contributed by atoms with Crippen LogP contribution in [0.1, 0.15) is 13.8 Å². The predicted molar refractivity (Wildman–Crippen MR) is 71.8 cm³/mol. The zero-order chi connectivity index (χ0) is 11.9. The molecule has 0 aliphatic carbocycles. The normalized spacial score (nSPS) is 26.9. The topological polar surface area (TPSA) is 3.24 Å². The second-order valence-corrected chi connectivity index (χ2v) is 5.81. The van der Waals surface area contributed by atoms with Gasteiger partial charge in [0.25, 0.3) is 0 Å². The Balaban J connectivity index is 2.95. The fourth-order valence-corrected chi connectivity index (χ4v) is 3.44. The molecule has 15 heavy (non-hydrogen) atoms. The van der Waals surface area contributed by atoms with Crippen LogP contribution in [0.5, 0.6) is 0 Å². The summed E-state index contributed by atoms with van der Waals surface area (Å²) in [6.45, 7) is 5.35. The van der Waals surface area contributed by atoms with Crippen LogP contribution in [0.4, 0.5) is 0 Å². The van der Waals surface area contributed by atoms with E-state index in [4.69, 9.17) is 31.4 Å². The van der Waals surface area contributed by atoms with Crippen LogP contribution >= 0.6 is 11.9 Å². The molecular weight excluding hydrogens is 197 g/mol. The van der Waals surface area contributed by atoms with E-state index in [2.05, 4.69) is 13.8 Å². The minimum Gasteiger partial charge on any atom is -0.253 e. The highest BCUT2D eigenvalue weighted by Gasteiger charge is 2.45. The lowest BCUT2D eigenvalue weighted by Gasteiger charge is -2.56. The standard InChI is InChI=1S/C9H15B4NS/c1-6(2)7-8(10,11)4-14(15-3)5-9(7,12)13/h6-7H,4-5H2,1-3H3. The first-order valence-electron chi connectivity index (χ1n) is 5.15. The molecule has 0 aromatic rings. The zero-order valence-electron chi connectivity index (χ0n) is 9.73. The molecule has 1 saturated heterocycles. The van der Waals surface area contributed by atoms with Gasteiger partial charge in [-0.1, -0.05) is 42.1 Å². The Morgan fingerprint density at radius 1 is 1.13 bits per heavy atom. The Kier molecular flexibility index (Phi) is 4.04. The molecule has 0 aromatic carbocycles. The van der Waals surface area contributed by atoms with Gasteiger partial charge >= 0.3 is 0 Å². The summed E-state index contributed by atoms with van der Waals surface area (Å²) in [4.78, 5) is 0. The lowest BCUT2D eigenvalue weighted by atomic mass is 9.32. The molecule has 0 spiro atoms. The molecule has 6 heteroatoms. The van der Waals surface area contributed by atoms with Gasteiger partial charge in [0.05, 0.1) is 31.4 Å². The molecule has 0 N–H and O–H groups in total. The number of hydrogen-bond acceptors (Lipinski definition) is 2. The molecule has 1 fully saturated rings. The molecule has 1 aliphatic rings. The largest absolute Gasteiger partial charge is 0.253 e. The summed E-state index contributed by atoms with van der Waals surface area (Å²) >= 11 is 1.58. The van der Waals surface area contributed by atoms with Crippen molar-refractivity contribution in [2.75, 3.05) is 19.3 Å². The summed E-state index contributed by atoms with van der Waals surface area (Å²) in [7, 11) is 24.5. The molecule has 1 heterocycles. The molecule has 1 aliphatic heterocycles. The van der Waals surface area contributed by atoms with Crippen LogP contribution in [0.3, 0.4) is 0 Å². The summed E-state index contributed by atoms with van der Waals surface area (Å²) in [5, 5.41) is -1.64. The fraction of sp³-hybridized carbons (Fsp3) is 1.00. The summed E-state index contributed by atoms with van der Waals surface area (Å²) < 4.78 is 2.03. The molecular formula is C9H15B4NS. The first kappa shape index (κ1) is 13.6.